The van der Waals surface area contributed by atoms with Crippen molar-refractivity contribution in [1.82, 2.24) is 0 Å². The summed E-state index contributed by atoms with van der Waals surface area (Å²) in [6.45, 7) is 3.46. The molecule has 2 nitrogen and oxygen atoms in total. The van der Waals surface area contributed by atoms with E-state index in [-0.39, 0.29) is 17.4 Å². The summed E-state index contributed by atoms with van der Waals surface area (Å²) in [6, 6.07) is 6.68. The molecule has 1 heterocycles. The van der Waals surface area contributed by atoms with E-state index in [1.807, 2.05) is 0 Å². The highest BCUT2D eigenvalue weighted by molar-refractivity contribution is 6.31. The second-order valence-electron chi connectivity index (χ2n) is 6.48. The number of hydrogen-bond donors (Lipinski definition) is 0. The lowest BCUT2D eigenvalue weighted by atomic mass is 10.0. The lowest BCUT2D eigenvalue weighted by molar-refractivity contribution is -0.202. The second-order valence-corrected chi connectivity index (χ2v) is 6.86. The molecule has 0 amide bonds. The third-order valence-electron chi connectivity index (χ3n) is 4.61. The summed E-state index contributed by atoms with van der Waals surface area (Å²) in [6.07, 6.45) is 1.95. The van der Waals surface area contributed by atoms with Crippen LogP contribution in [0.25, 0.3) is 11.1 Å². The summed E-state index contributed by atoms with van der Waals surface area (Å²) in [7, 11) is 0. The van der Waals surface area contributed by atoms with E-state index in [0.717, 1.165) is 24.1 Å². The molecule has 26 heavy (non-hydrogen) atoms. The van der Waals surface area contributed by atoms with Crippen LogP contribution in [-0.4, -0.2) is 19.5 Å². The molecular weight excluding hydrogens is 365 g/mol. The van der Waals surface area contributed by atoms with Gasteiger partial charge < -0.3 is 9.47 Å². The third kappa shape index (κ3) is 4.40. The first-order valence-corrected chi connectivity index (χ1v) is 9.02. The molecule has 1 saturated heterocycles. The van der Waals surface area contributed by atoms with E-state index >= 15 is 0 Å². The standard InChI is InChI=1S/C20H20ClF3O2/c1-2-12-10-25-19(26-11-12)6-4-13-3-5-15(16(22)7-13)14-8-17(23)20(21)18(24)9-14/h3,5,7-9,12,19H,2,4,6,10-11H2,1H3. The lowest BCUT2D eigenvalue weighted by Gasteiger charge is -2.28. The van der Waals surface area contributed by atoms with Crippen molar-refractivity contribution in [1.29, 1.82) is 0 Å². The Balaban J connectivity index is 1.66. The van der Waals surface area contributed by atoms with E-state index in [4.69, 9.17) is 21.1 Å². The van der Waals surface area contributed by atoms with Gasteiger partial charge in [0.1, 0.15) is 22.5 Å². The highest BCUT2D eigenvalue weighted by Crippen LogP contribution is 2.29. The Bertz CT molecular complexity index is 751. The topological polar surface area (TPSA) is 18.5 Å². The van der Waals surface area contributed by atoms with E-state index in [1.54, 1.807) is 6.07 Å². The SMILES string of the molecule is CCC1COC(CCc2ccc(-c3cc(F)c(Cl)c(F)c3)c(F)c2)OC1. The molecule has 3 rings (SSSR count). The zero-order valence-electron chi connectivity index (χ0n) is 14.4. The molecule has 0 radical (unpaired) electrons. The van der Waals surface area contributed by atoms with Crippen molar-refractivity contribution in [3.05, 3.63) is 58.4 Å². The molecule has 0 atom stereocenters. The Labute approximate surface area is 155 Å². The summed E-state index contributed by atoms with van der Waals surface area (Å²) >= 11 is 5.47. The molecular formula is C20H20ClF3O2. The number of benzene rings is 2. The minimum atomic E-state index is -0.915. The molecule has 2 aromatic carbocycles. The van der Waals surface area contributed by atoms with Crippen molar-refractivity contribution < 1.29 is 22.6 Å². The fraction of sp³-hybridized carbons (Fsp3) is 0.400. The zero-order chi connectivity index (χ0) is 18.7. The quantitative estimate of drug-likeness (QED) is 0.610. The van der Waals surface area contributed by atoms with Gasteiger partial charge in [-0.2, -0.15) is 0 Å². The van der Waals surface area contributed by atoms with Crippen LogP contribution in [0.5, 0.6) is 0 Å². The van der Waals surface area contributed by atoms with Crippen LogP contribution >= 0.6 is 11.6 Å². The van der Waals surface area contributed by atoms with Gasteiger partial charge in [-0.3, -0.25) is 0 Å². The van der Waals surface area contributed by atoms with Crippen LogP contribution in [-0.2, 0) is 15.9 Å². The van der Waals surface area contributed by atoms with Gasteiger partial charge in [0.2, 0.25) is 0 Å². The highest BCUT2D eigenvalue weighted by Gasteiger charge is 2.21. The Morgan fingerprint density at radius 2 is 1.65 bits per heavy atom. The summed E-state index contributed by atoms with van der Waals surface area (Å²) in [5.41, 5.74) is 1.00. The first-order valence-electron chi connectivity index (χ1n) is 8.64. The molecule has 0 N–H and O–H groups in total. The van der Waals surface area contributed by atoms with Crippen LogP contribution in [0.1, 0.15) is 25.3 Å². The summed E-state index contributed by atoms with van der Waals surface area (Å²) < 4.78 is 52.9. The van der Waals surface area contributed by atoms with Gasteiger partial charge in [-0.15, -0.1) is 0 Å². The maximum atomic E-state index is 14.4. The first-order chi connectivity index (χ1) is 12.5. The molecule has 0 spiro atoms. The monoisotopic (exact) mass is 384 g/mol. The Morgan fingerprint density at radius 1 is 1.00 bits per heavy atom. The molecule has 0 aromatic heterocycles. The van der Waals surface area contributed by atoms with E-state index < -0.39 is 22.5 Å². The predicted molar refractivity (Wildman–Crippen MR) is 94.6 cm³/mol. The third-order valence-corrected chi connectivity index (χ3v) is 4.97. The number of rotatable bonds is 5. The summed E-state index contributed by atoms with van der Waals surface area (Å²) in [5, 5.41) is -0.594. The van der Waals surface area contributed by atoms with Crippen molar-refractivity contribution >= 4 is 11.6 Å². The van der Waals surface area contributed by atoms with Crippen LogP contribution in [0.3, 0.4) is 0 Å². The largest absolute Gasteiger partial charge is 0.352 e. The maximum Gasteiger partial charge on any atom is 0.157 e. The molecule has 140 valence electrons. The lowest BCUT2D eigenvalue weighted by Crippen LogP contribution is -2.32. The van der Waals surface area contributed by atoms with Crippen LogP contribution in [0.2, 0.25) is 5.02 Å². The normalized spacial score (nSPS) is 20.3. The fourth-order valence-corrected chi connectivity index (χ4v) is 3.04. The highest BCUT2D eigenvalue weighted by atomic mass is 35.5. The smallest absolute Gasteiger partial charge is 0.157 e. The van der Waals surface area contributed by atoms with Crippen LogP contribution in [0.15, 0.2) is 30.3 Å². The minimum absolute atomic E-state index is 0.109. The molecule has 0 aliphatic carbocycles. The molecule has 1 aliphatic heterocycles. The van der Waals surface area contributed by atoms with Crippen LogP contribution < -0.4 is 0 Å². The molecule has 2 aromatic rings. The van der Waals surface area contributed by atoms with E-state index in [2.05, 4.69) is 6.92 Å². The van der Waals surface area contributed by atoms with Gasteiger partial charge in [0.05, 0.1) is 13.2 Å². The number of hydrogen-bond acceptors (Lipinski definition) is 2. The van der Waals surface area contributed by atoms with Crippen LogP contribution in [0.4, 0.5) is 13.2 Å². The first kappa shape index (κ1) is 19.2. The number of ether oxygens (including phenoxy) is 2. The fourth-order valence-electron chi connectivity index (χ4n) is 2.93. The van der Waals surface area contributed by atoms with Crippen LogP contribution in [0, 0.1) is 23.4 Å². The molecule has 0 bridgehead atoms. The van der Waals surface area contributed by atoms with Gasteiger partial charge in [-0.25, -0.2) is 13.2 Å². The van der Waals surface area contributed by atoms with E-state index in [0.29, 0.717) is 32.0 Å². The van der Waals surface area contributed by atoms with Gasteiger partial charge in [-0.1, -0.05) is 30.7 Å². The van der Waals surface area contributed by atoms with Crippen molar-refractivity contribution in [3.63, 3.8) is 0 Å². The van der Waals surface area contributed by atoms with Gasteiger partial charge in [0, 0.05) is 17.9 Å². The average Bonchev–Trinajstić information content (AvgIpc) is 2.64. The Hall–Kier alpha value is -1.56. The number of halogens is 4. The van der Waals surface area contributed by atoms with Gasteiger partial charge in [0.15, 0.2) is 6.29 Å². The minimum Gasteiger partial charge on any atom is -0.352 e. The van der Waals surface area contributed by atoms with E-state index in [1.165, 1.54) is 12.1 Å². The van der Waals surface area contributed by atoms with Crippen molar-refractivity contribution in [2.45, 2.75) is 32.5 Å². The van der Waals surface area contributed by atoms with Crippen molar-refractivity contribution in [2.24, 2.45) is 5.92 Å². The Morgan fingerprint density at radius 3 is 2.23 bits per heavy atom. The Kier molecular flexibility index (Phi) is 6.22. The zero-order valence-corrected chi connectivity index (χ0v) is 15.2. The predicted octanol–water partition coefficient (Wildman–Crippen LogP) is 5.76. The summed E-state index contributed by atoms with van der Waals surface area (Å²) in [4.78, 5) is 0. The van der Waals surface area contributed by atoms with Gasteiger partial charge in [0.25, 0.3) is 0 Å². The van der Waals surface area contributed by atoms with Crippen molar-refractivity contribution in [2.75, 3.05) is 13.2 Å². The second kappa shape index (κ2) is 8.42. The molecule has 1 fully saturated rings. The summed E-state index contributed by atoms with van der Waals surface area (Å²) in [5.74, 6) is -1.94. The van der Waals surface area contributed by atoms with Gasteiger partial charge in [-0.05, 0) is 42.2 Å². The van der Waals surface area contributed by atoms with E-state index in [9.17, 15) is 13.2 Å². The molecule has 0 unspecified atom stereocenters. The molecule has 1 aliphatic rings. The number of aryl methyl sites for hydroxylation is 1. The van der Waals surface area contributed by atoms with Crippen molar-refractivity contribution in [3.8, 4) is 11.1 Å². The average molecular weight is 385 g/mol. The maximum absolute atomic E-state index is 14.4. The molecule has 6 heteroatoms. The molecule has 0 saturated carbocycles. The van der Waals surface area contributed by atoms with Gasteiger partial charge >= 0.3 is 0 Å².